The first-order valence-corrected chi connectivity index (χ1v) is 11.9. The van der Waals surface area contributed by atoms with Gasteiger partial charge in [0.1, 0.15) is 23.4 Å². The molecule has 3 rings (SSSR count). The van der Waals surface area contributed by atoms with Crippen LogP contribution in [0.15, 0.2) is 53.9 Å². The molecule has 35 heavy (non-hydrogen) atoms. The molecule has 0 aliphatic heterocycles. The third kappa shape index (κ3) is 7.31. The summed E-state index contributed by atoms with van der Waals surface area (Å²) >= 11 is 1.43. The summed E-state index contributed by atoms with van der Waals surface area (Å²) in [6, 6.07) is 12.0. The predicted octanol–water partition coefficient (Wildman–Crippen LogP) is 4.49. The number of benzene rings is 2. The molecule has 0 unspecified atom stereocenters. The monoisotopic (exact) mass is 496 g/mol. The predicted molar refractivity (Wildman–Crippen MR) is 135 cm³/mol. The molecule has 0 saturated carbocycles. The Morgan fingerprint density at radius 3 is 2.54 bits per heavy atom. The highest BCUT2D eigenvalue weighted by molar-refractivity contribution is 7.13. The summed E-state index contributed by atoms with van der Waals surface area (Å²) in [6.45, 7) is 4.03. The minimum Gasteiger partial charge on any atom is -0.497 e. The minimum atomic E-state index is -0.809. The highest BCUT2D eigenvalue weighted by atomic mass is 32.1. The molecule has 0 radical (unpaired) electrons. The van der Waals surface area contributed by atoms with E-state index in [2.05, 4.69) is 10.3 Å². The number of hydrogen-bond donors (Lipinski definition) is 1. The van der Waals surface area contributed by atoms with Gasteiger partial charge in [-0.05, 0) is 55.8 Å². The van der Waals surface area contributed by atoms with E-state index in [9.17, 15) is 9.59 Å². The lowest BCUT2D eigenvalue weighted by atomic mass is 10.2. The van der Waals surface area contributed by atoms with Gasteiger partial charge in [0.15, 0.2) is 11.5 Å². The SMILES string of the molecule is CCOc1ccc(-c2nc(COC(=O)[C@H](C)NC(=O)/C=C/c3ccc(OC)cc3)cs2)cc1OC. The van der Waals surface area contributed by atoms with E-state index in [-0.39, 0.29) is 6.61 Å². The van der Waals surface area contributed by atoms with Gasteiger partial charge in [-0.1, -0.05) is 12.1 Å². The van der Waals surface area contributed by atoms with Gasteiger partial charge in [-0.2, -0.15) is 0 Å². The molecule has 1 amide bonds. The minimum absolute atomic E-state index is 0.00535. The fourth-order valence-corrected chi connectivity index (χ4v) is 3.86. The van der Waals surface area contributed by atoms with Crippen molar-refractivity contribution in [1.29, 1.82) is 0 Å². The second kappa shape index (κ2) is 12.6. The first-order chi connectivity index (χ1) is 16.9. The Kier molecular flexibility index (Phi) is 9.25. The van der Waals surface area contributed by atoms with Crippen LogP contribution in [0.5, 0.6) is 17.2 Å². The summed E-state index contributed by atoms with van der Waals surface area (Å²) < 4.78 is 21.4. The van der Waals surface area contributed by atoms with Crippen molar-refractivity contribution in [2.24, 2.45) is 0 Å². The number of esters is 1. The summed E-state index contributed by atoms with van der Waals surface area (Å²) in [5.41, 5.74) is 2.32. The van der Waals surface area contributed by atoms with Crippen molar-refractivity contribution in [3.8, 4) is 27.8 Å². The maximum Gasteiger partial charge on any atom is 0.328 e. The van der Waals surface area contributed by atoms with Gasteiger partial charge >= 0.3 is 5.97 Å². The fraction of sp³-hybridized carbons (Fsp3) is 0.269. The van der Waals surface area contributed by atoms with Crippen molar-refractivity contribution >= 4 is 29.3 Å². The standard InChI is InChI=1S/C26H28N2O6S/c1-5-33-22-12-9-19(14-23(22)32-4)25-28-20(16-35-25)15-34-26(30)17(2)27-24(29)13-8-18-6-10-21(31-3)11-7-18/h6-14,16-17H,5,15H2,1-4H3,(H,27,29)/b13-8+/t17-/m0/s1. The Hall–Kier alpha value is -3.85. The number of rotatable bonds is 11. The van der Waals surface area contributed by atoms with E-state index in [0.717, 1.165) is 21.9 Å². The summed E-state index contributed by atoms with van der Waals surface area (Å²) in [7, 11) is 3.18. The molecule has 0 spiro atoms. The summed E-state index contributed by atoms with van der Waals surface area (Å²) in [5.74, 6) is 1.08. The summed E-state index contributed by atoms with van der Waals surface area (Å²) in [5, 5.41) is 5.19. The normalized spacial score (nSPS) is 11.7. The topological polar surface area (TPSA) is 96.0 Å². The van der Waals surface area contributed by atoms with Gasteiger partial charge in [-0.3, -0.25) is 4.79 Å². The van der Waals surface area contributed by atoms with Crippen LogP contribution in [0, 0.1) is 0 Å². The number of nitrogens with one attached hydrogen (secondary N) is 1. The lowest BCUT2D eigenvalue weighted by Gasteiger charge is -2.11. The molecule has 1 N–H and O–H groups in total. The third-order valence-corrected chi connectivity index (χ3v) is 5.82. The van der Waals surface area contributed by atoms with E-state index in [4.69, 9.17) is 18.9 Å². The maximum absolute atomic E-state index is 12.3. The quantitative estimate of drug-likeness (QED) is 0.309. The molecule has 0 bridgehead atoms. The molecule has 0 aliphatic rings. The third-order valence-electron chi connectivity index (χ3n) is 4.88. The molecule has 0 fully saturated rings. The first kappa shape index (κ1) is 25.8. The molecule has 0 saturated heterocycles. The molecular formula is C26H28N2O6S. The Morgan fingerprint density at radius 2 is 1.86 bits per heavy atom. The van der Waals surface area contributed by atoms with Crippen LogP contribution in [0.2, 0.25) is 0 Å². The van der Waals surface area contributed by atoms with E-state index in [1.807, 2.05) is 42.6 Å². The van der Waals surface area contributed by atoms with Crippen LogP contribution in [0.4, 0.5) is 0 Å². The van der Waals surface area contributed by atoms with Crippen LogP contribution in [0.3, 0.4) is 0 Å². The molecule has 1 atom stereocenters. The zero-order valence-electron chi connectivity index (χ0n) is 20.1. The molecule has 2 aromatic carbocycles. The number of amides is 1. The van der Waals surface area contributed by atoms with E-state index in [1.165, 1.54) is 17.4 Å². The second-order valence-corrected chi connectivity index (χ2v) is 8.25. The van der Waals surface area contributed by atoms with Crippen molar-refractivity contribution < 1.29 is 28.5 Å². The van der Waals surface area contributed by atoms with Crippen LogP contribution >= 0.6 is 11.3 Å². The zero-order valence-corrected chi connectivity index (χ0v) is 20.9. The smallest absolute Gasteiger partial charge is 0.328 e. The van der Waals surface area contributed by atoms with Crippen molar-refractivity contribution in [1.82, 2.24) is 10.3 Å². The van der Waals surface area contributed by atoms with Crippen LogP contribution in [-0.2, 0) is 20.9 Å². The summed E-state index contributed by atoms with van der Waals surface area (Å²) in [4.78, 5) is 29.0. The van der Waals surface area contributed by atoms with Gasteiger partial charge in [0.25, 0.3) is 0 Å². The molecular weight excluding hydrogens is 468 g/mol. The van der Waals surface area contributed by atoms with Crippen molar-refractivity contribution in [3.05, 3.63) is 65.2 Å². The first-order valence-electron chi connectivity index (χ1n) is 11.0. The number of carbonyl (C=O) groups excluding carboxylic acids is 2. The Morgan fingerprint density at radius 1 is 1.09 bits per heavy atom. The molecule has 1 aromatic heterocycles. The van der Waals surface area contributed by atoms with Crippen molar-refractivity contribution in [2.75, 3.05) is 20.8 Å². The number of methoxy groups -OCH3 is 2. The second-order valence-electron chi connectivity index (χ2n) is 7.39. The number of ether oxygens (including phenoxy) is 4. The highest BCUT2D eigenvalue weighted by Gasteiger charge is 2.17. The van der Waals surface area contributed by atoms with Crippen LogP contribution in [0.25, 0.3) is 16.6 Å². The van der Waals surface area contributed by atoms with Gasteiger partial charge in [0, 0.05) is 17.0 Å². The molecule has 3 aromatic rings. The fourth-order valence-electron chi connectivity index (χ4n) is 3.06. The summed E-state index contributed by atoms with van der Waals surface area (Å²) in [6.07, 6.45) is 3.02. The highest BCUT2D eigenvalue weighted by Crippen LogP contribution is 2.33. The van der Waals surface area contributed by atoms with Crippen LogP contribution in [-0.4, -0.2) is 43.7 Å². The number of carbonyl (C=O) groups is 2. The van der Waals surface area contributed by atoms with Gasteiger partial charge in [0.2, 0.25) is 5.91 Å². The van der Waals surface area contributed by atoms with Gasteiger partial charge < -0.3 is 24.3 Å². The molecule has 0 aliphatic carbocycles. The Labute approximate surface area is 208 Å². The molecule has 1 heterocycles. The molecule has 8 nitrogen and oxygen atoms in total. The number of hydrogen-bond acceptors (Lipinski definition) is 8. The van der Waals surface area contributed by atoms with Gasteiger partial charge in [0.05, 0.1) is 26.5 Å². The average molecular weight is 497 g/mol. The van der Waals surface area contributed by atoms with E-state index in [1.54, 1.807) is 39.4 Å². The van der Waals surface area contributed by atoms with Gasteiger partial charge in [-0.25, -0.2) is 9.78 Å². The molecule has 184 valence electrons. The molecule has 9 heteroatoms. The van der Waals surface area contributed by atoms with Crippen LogP contribution < -0.4 is 19.5 Å². The van der Waals surface area contributed by atoms with Gasteiger partial charge in [-0.15, -0.1) is 11.3 Å². The van der Waals surface area contributed by atoms with Crippen molar-refractivity contribution in [3.63, 3.8) is 0 Å². The maximum atomic E-state index is 12.3. The number of aromatic nitrogens is 1. The lowest BCUT2D eigenvalue weighted by molar-refractivity contribution is -0.148. The lowest BCUT2D eigenvalue weighted by Crippen LogP contribution is -2.38. The van der Waals surface area contributed by atoms with E-state index < -0.39 is 17.9 Å². The largest absolute Gasteiger partial charge is 0.497 e. The zero-order chi connectivity index (χ0) is 25.2. The van der Waals surface area contributed by atoms with E-state index in [0.29, 0.717) is 23.8 Å². The van der Waals surface area contributed by atoms with Crippen LogP contribution in [0.1, 0.15) is 25.1 Å². The average Bonchev–Trinajstić information content (AvgIpc) is 3.35. The number of thiazole rings is 1. The number of nitrogens with zero attached hydrogens (tertiary/aromatic N) is 1. The Bertz CT molecular complexity index is 1170. The van der Waals surface area contributed by atoms with E-state index >= 15 is 0 Å². The Balaban J connectivity index is 1.51. The van der Waals surface area contributed by atoms with Crippen molar-refractivity contribution in [2.45, 2.75) is 26.5 Å².